The van der Waals surface area contributed by atoms with Crippen LogP contribution in [-0.4, -0.2) is 40.7 Å². The van der Waals surface area contributed by atoms with Crippen LogP contribution < -0.4 is 4.74 Å². The Morgan fingerprint density at radius 3 is 2.79 bits per heavy atom. The van der Waals surface area contributed by atoms with Gasteiger partial charge >= 0.3 is 5.97 Å². The second kappa shape index (κ2) is 7.74. The minimum absolute atomic E-state index is 0.203. The van der Waals surface area contributed by atoms with Crippen molar-refractivity contribution < 1.29 is 14.6 Å². The van der Waals surface area contributed by atoms with Gasteiger partial charge in [0, 0.05) is 25.1 Å². The van der Waals surface area contributed by atoms with Gasteiger partial charge in [-0.1, -0.05) is 6.07 Å². The molecular formula is C14H22N2O3. The van der Waals surface area contributed by atoms with E-state index in [0.717, 1.165) is 12.2 Å². The molecule has 0 saturated heterocycles. The highest BCUT2D eigenvalue weighted by Crippen LogP contribution is 2.11. The Hall–Kier alpha value is -1.62. The lowest BCUT2D eigenvalue weighted by Gasteiger charge is -2.25. The summed E-state index contributed by atoms with van der Waals surface area (Å²) >= 11 is 0. The van der Waals surface area contributed by atoms with Crippen molar-refractivity contribution in [3.63, 3.8) is 0 Å². The van der Waals surface area contributed by atoms with Crippen molar-refractivity contribution in [3.05, 3.63) is 23.9 Å². The predicted octanol–water partition coefficient (Wildman–Crippen LogP) is 2.17. The van der Waals surface area contributed by atoms with Gasteiger partial charge in [0.2, 0.25) is 5.88 Å². The third-order valence-corrected chi connectivity index (χ3v) is 2.92. The lowest BCUT2D eigenvalue weighted by Crippen LogP contribution is -2.32. The van der Waals surface area contributed by atoms with Gasteiger partial charge in [0.15, 0.2) is 0 Å². The van der Waals surface area contributed by atoms with Gasteiger partial charge in [0.1, 0.15) is 0 Å². The van der Waals surface area contributed by atoms with E-state index in [1.165, 1.54) is 0 Å². The molecule has 1 aromatic heterocycles. The van der Waals surface area contributed by atoms with Gasteiger partial charge in [-0.2, -0.15) is 0 Å². The van der Waals surface area contributed by atoms with E-state index in [4.69, 9.17) is 9.84 Å². The molecular weight excluding hydrogens is 244 g/mol. The van der Waals surface area contributed by atoms with Crippen molar-refractivity contribution in [2.75, 3.05) is 13.7 Å². The van der Waals surface area contributed by atoms with Gasteiger partial charge in [-0.05, 0) is 32.9 Å². The number of hydrogen-bond acceptors (Lipinski definition) is 4. The Kier molecular flexibility index (Phi) is 6.29. The normalized spacial score (nSPS) is 11.0. The van der Waals surface area contributed by atoms with Crippen LogP contribution in [0.25, 0.3) is 0 Å². The number of pyridine rings is 1. The van der Waals surface area contributed by atoms with Crippen molar-refractivity contribution in [2.45, 2.75) is 39.3 Å². The van der Waals surface area contributed by atoms with E-state index in [2.05, 4.69) is 23.7 Å². The SMILES string of the molecule is COc1cccc(CN(CCCC(=O)O)C(C)C)n1. The quantitative estimate of drug-likeness (QED) is 0.781. The van der Waals surface area contributed by atoms with Crippen LogP contribution in [0.3, 0.4) is 0 Å². The van der Waals surface area contributed by atoms with Gasteiger partial charge in [-0.15, -0.1) is 0 Å². The molecule has 106 valence electrons. The van der Waals surface area contributed by atoms with Crippen LogP contribution in [0.4, 0.5) is 0 Å². The number of aromatic nitrogens is 1. The molecule has 0 spiro atoms. The first kappa shape index (κ1) is 15.4. The van der Waals surface area contributed by atoms with Gasteiger partial charge in [-0.25, -0.2) is 4.98 Å². The Morgan fingerprint density at radius 2 is 2.21 bits per heavy atom. The summed E-state index contributed by atoms with van der Waals surface area (Å²) in [5.41, 5.74) is 0.934. The fraction of sp³-hybridized carbons (Fsp3) is 0.571. The predicted molar refractivity (Wildman–Crippen MR) is 73.2 cm³/mol. The van der Waals surface area contributed by atoms with Gasteiger partial charge in [0.25, 0.3) is 0 Å². The molecule has 0 bridgehead atoms. The third kappa shape index (κ3) is 5.70. The first-order valence-corrected chi connectivity index (χ1v) is 6.48. The zero-order valence-electron chi connectivity index (χ0n) is 11.8. The molecule has 1 aromatic rings. The number of hydrogen-bond donors (Lipinski definition) is 1. The Labute approximate surface area is 114 Å². The van der Waals surface area contributed by atoms with Crippen LogP contribution in [0.1, 0.15) is 32.4 Å². The number of rotatable bonds is 8. The molecule has 5 heteroatoms. The second-order valence-electron chi connectivity index (χ2n) is 4.73. The van der Waals surface area contributed by atoms with E-state index in [1.807, 2.05) is 18.2 Å². The van der Waals surface area contributed by atoms with Crippen LogP contribution in [-0.2, 0) is 11.3 Å². The maximum Gasteiger partial charge on any atom is 0.303 e. The van der Waals surface area contributed by atoms with Crippen molar-refractivity contribution in [1.82, 2.24) is 9.88 Å². The highest BCUT2D eigenvalue weighted by molar-refractivity contribution is 5.66. The van der Waals surface area contributed by atoms with Crippen LogP contribution in [0, 0.1) is 0 Å². The van der Waals surface area contributed by atoms with E-state index in [9.17, 15) is 4.79 Å². The van der Waals surface area contributed by atoms with Gasteiger partial charge in [0.05, 0.1) is 12.8 Å². The summed E-state index contributed by atoms with van der Waals surface area (Å²) < 4.78 is 5.10. The molecule has 0 unspecified atom stereocenters. The zero-order chi connectivity index (χ0) is 14.3. The summed E-state index contributed by atoms with van der Waals surface area (Å²) in [6.45, 7) is 5.65. The Balaban J connectivity index is 2.59. The maximum absolute atomic E-state index is 10.5. The first-order chi connectivity index (χ1) is 9.02. The average Bonchev–Trinajstić information content (AvgIpc) is 2.37. The molecule has 0 saturated carbocycles. The number of aliphatic carboxylic acids is 1. The molecule has 1 N–H and O–H groups in total. The summed E-state index contributed by atoms with van der Waals surface area (Å²) in [6, 6.07) is 6.03. The number of ether oxygens (including phenoxy) is 1. The molecule has 0 aliphatic carbocycles. The van der Waals surface area contributed by atoms with E-state index < -0.39 is 5.97 Å². The molecule has 0 aliphatic heterocycles. The Morgan fingerprint density at radius 1 is 1.47 bits per heavy atom. The monoisotopic (exact) mass is 266 g/mol. The molecule has 0 radical (unpaired) electrons. The molecule has 5 nitrogen and oxygen atoms in total. The smallest absolute Gasteiger partial charge is 0.303 e. The molecule has 1 rings (SSSR count). The molecule has 1 heterocycles. The van der Waals surface area contributed by atoms with Crippen LogP contribution in [0.5, 0.6) is 5.88 Å². The fourth-order valence-electron chi connectivity index (χ4n) is 1.82. The maximum atomic E-state index is 10.5. The topological polar surface area (TPSA) is 62.7 Å². The second-order valence-corrected chi connectivity index (χ2v) is 4.73. The van der Waals surface area contributed by atoms with Crippen molar-refractivity contribution in [3.8, 4) is 5.88 Å². The fourth-order valence-corrected chi connectivity index (χ4v) is 1.82. The van der Waals surface area contributed by atoms with E-state index in [1.54, 1.807) is 7.11 Å². The van der Waals surface area contributed by atoms with Gasteiger partial charge in [-0.3, -0.25) is 9.69 Å². The van der Waals surface area contributed by atoms with Crippen molar-refractivity contribution in [1.29, 1.82) is 0 Å². The molecule has 0 atom stereocenters. The van der Waals surface area contributed by atoms with Crippen LogP contribution >= 0.6 is 0 Å². The van der Waals surface area contributed by atoms with Gasteiger partial charge < -0.3 is 9.84 Å². The van der Waals surface area contributed by atoms with E-state index in [0.29, 0.717) is 24.9 Å². The lowest BCUT2D eigenvalue weighted by molar-refractivity contribution is -0.137. The van der Waals surface area contributed by atoms with Crippen molar-refractivity contribution >= 4 is 5.97 Å². The number of methoxy groups -OCH3 is 1. The summed E-state index contributed by atoms with van der Waals surface area (Å²) in [5.74, 6) is -0.144. The summed E-state index contributed by atoms with van der Waals surface area (Å²) in [7, 11) is 1.60. The number of carboxylic acids is 1. The minimum atomic E-state index is -0.747. The number of nitrogens with zero attached hydrogens (tertiary/aromatic N) is 2. The van der Waals surface area contributed by atoms with Crippen LogP contribution in [0.2, 0.25) is 0 Å². The third-order valence-electron chi connectivity index (χ3n) is 2.92. The standard InChI is InChI=1S/C14H22N2O3/c1-11(2)16(9-5-8-14(17)18)10-12-6-4-7-13(15-12)19-3/h4,6-7,11H,5,8-10H2,1-3H3,(H,17,18). The molecule has 0 aromatic carbocycles. The van der Waals surface area contributed by atoms with E-state index >= 15 is 0 Å². The molecule has 0 fully saturated rings. The first-order valence-electron chi connectivity index (χ1n) is 6.48. The number of carboxylic acid groups (broad SMARTS) is 1. The highest BCUT2D eigenvalue weighted by Gasteiger charge is 2.12. The molecule has 0 amide bonds. The summed E-state index contributed by atoms with van der Waals surface area (Å²) in [4.78, 5) is 17.1. The van der Waals surface area contributed by atoms with E-state index in [-0.39, 0.29) is 6.42 Å². The minimum Gasteiger partial charge on any atom is -0.481 e. The summed E-state index contributed by atoms with van der Waals surface area (Å²) in [5, 5.41) is 8.68. The highest BCUT2D eigenvalue weighted by atomic mass is 16.5. The largest absolute Gasteiger partial charge is 0.481 e. The molecule has 0 aliphatic rings. The lowest BCUT2D eigenvalue weighted by atomic mass is 10.2. The van der Waals surface area contributed by atoms with Crippen LogP contribution in [0.15, 0.2) is 18.2 Å². The average molecular weight is 266 g/mol. The number of carbonyl (C=O) groups is 1. The zero-order valence-corrected chi connectivity index (χ0v) is 11.8. The molecule has 19 heavy (non-hydrogen) atoms. The Bertz CT molecular complexity index is 407. The summed E-state index contributed by atoms with van der Waals surface area (Å²) in [6.07, 6.45) is 0.853. The van der Waals surface area contributed by atoms with Crippen molar-refractivity contribution in [2.24, 2.45) is 0 Å².